The van der Waals surface area contributed by atoms with Gasteiger partial charge in [0.15, 0.2) is 0 Å². The fourth-order valence-corrected chi connectivity index (χ4v) is 3.69. The number of aromatic amines is 1. The van der Waals surface area contributed by atoms with Crippen LogP contribution in [0.25, 0.3) is 10.8 Å². The Hall–Kier alpha value is -2.74. The fourth-order valence-electron chi connectivity index (χ4n) is 3.69. The molecule has 0 radical (unpaired) electrons. The van der Waals surface area contributed by atoms with Crippen LogP contribution in [0.2, 0.25) is 0 Å². The third-order valence-electron chi connectivity index (χ3n) is 5.44. The second-order valence-electron chi connectivity index (χ2n) is 7.29. The highest BCUT2D eigenvalue weighted by Gasteiger charge is 2.56. The molecular weight excluding hydrogens is 336 g/mol. The Morgan fingerprint density at radius 1 is 1.42 bits per heavy atom. The zero-order valence-electron chi connectivity index (χ0n) is 14.4. The smallest absolute Gasteiger partial charge is 0.272 e. The summed E-state index contributed by atoms with van der Waals surface area (Å²) in [6, 6.07) is 4.79. The monoisotopic (exact) mass is 356 g/mol. The SMILES string of the molecule is CC(O)C(=O)NC1CN(C(=O)c2ccc3c(=O)[nH]ncc3c2)CC12CC2. The molecule has 2 aromatic rings. The highest BCUT2D eigenvalue weighted by atomic mass is 16.3. The van der Waals surface area contributed by atoms with Gasteiger partial charge < -0.3 is 15.3 Å². The van der Waals surface area contributed by atoms with Gasteiger partial charge in [-0.3, -0.25) is 14.4 Å². The molecule has 1 aliphatic carbocycles. The van der Waals surface area contributed by atoms with Gasteiger partial charge in [-0.25, -0.2) is 5.10 Å². The van der Waals surface area contributed by atoms with Gasteiger partial charge >= 0.3 is 0 Å². The minimum absolute atomic E-state index is 0.0736. The van der Waals surface area contributed by atoms with E-state index in [2.05, 4.69) is 15.5 Å². The van der Waals surface area contributed by atoms with Crippen LogP contribution in [-0.4, -0.2) is 57.3 Å². The lowest BCUT2D eigenvalue weighted by atomic mass is 10.0. The Labute approximate surface area is 149 Å². The number of nitrogens with one attached hydrogen (secondary N) is 2. The van der Waals surface area contributed by atoms with E-state index in [1.807, 2.05) is 0 Å². The van der Waals surface area contributed by atoms with Crippen molar-refractivity contribution in [3.63, 3.8) is 0 Å². The number of aliphatic hydroxyl groups excluding tert-OH is 1. The quantitative estimate of drug-likeness (QED) is 0.717. The number of fused-ring (bicyclic) bond motifs is 1. The maximum atomic E-state index is 12.9. The number of carbonyl (C=O) groups excluding carboxylic acids is 2. The summed E-state index contributed by atoms with van der Waals surface area (Å²) in [5.74, 6) is -0.543. The standard InChI is InChI=1S/C18H20N4O4/c1-10(23)15(24)20-14-8-22(9-18(14)4-5-18)17(26)11-2-3-13-12(6-11)7-19-21-16(13)25/h2-3,6-7,10,14,23H,4-5,8-9H2,1H3,(H,20,24)(H,21,25). The normalized spacial score (nSPS) is 21.8. The number of aliphatic hydroxyl groups is 1. The van der Waals surface area contributed by atoms with Crippen molar-refractivity contribution in [2.75, 3.05) is 13.1 Å². The summed E-state index contributed by atoms with van der Waals surface area (Å²) < 4.78 is 0. The van der Waals surface area contributed by atoms with Crippen LogP contribution >= 0.6 is 0 Å². The average Bonchev–Trinajstić information content (AvgIpc) is 3.31. The first-order valence-electron chi connectivity index (χ1n) is 8.65. The highest BCUT2D eigenvalue weighted by molar-refractivity contribution is 5.98. The molecule has 1 aliphatic heterocycles. The zero-order chi connectivity index (χ0) is 18.5. The van der Waals surface area contributed by atoms with E-state index >= 15 is 0 Å². The Kier molecular flexibility index (Phi) is 3.80. The molecule has 1 aromatic heterocycles. The number of hydrogen-bond acceptors (Lipinski definition) is 5. The highest BCUT2D eigenvalue weighted by Crippen LogP contribution is 2.53. The van der Waals surface area contributed by atoms with Crippen LogP contribution in [0.1, 0.15) is 30.1 Å². The molecule has 1 saturated heterocycles. The van der Waals surface area contributed by atoms with Crippen LogP contribution in [0.4, 0.5) is 0 Å². The van der Waals surface area contributed by atoms with Gasteiger partial charge in [-0.2, -0.15) is 5.10 Å². The minimum Gasteiger partial charge on any atom is -0.384 e. The molecule has 2 amide bonds. The number of likely N-dealkylation sites (tertiary alicyclic amines) is 1. The van der Waals surface area contributed by atoms with Gasteiger partial charge in [0.05, 0.1) is 17.6 Å². The van der Waals surface area contributed by atoms with Crippen molar-refractivity contribution in [2.24, 2.45) is 5.41 Å². The summed E-state index contributed by atoms with van der Waals surface area (Å²) in [5.41, 5.74) is 0.124. The van der Waals surface area contributed by atoms with Crippen LogP contribution in [0.5, 0.6) is 0 Å². The summed E-state index contributed by atoms with van der Waals surface area (Å²) in [7, 11) is 0. The second-order valence-corrected chi connectivity index (χ2v) is 7.29. The minimum atomic E-state index is -1.07. The number of aromatic nitrogens is 2. The molecule has 1 aromatic carbocycles. The molecule has 2 atom stereocenters. The molecule has 136 valence electrons. The van der Waals surface area contributed by atoms with Crippen LogP contribution < -0.4 is 10.9 Å². The zero-order valence-corrected chi connectivity index (χ0v) is 14.4. The van der Waals surface area contributed by atoms with Gasteiger partial charge in [0, 0.05) is 29.5 Å². The Morgan fingerprint density at radius 2 is 2.19 bits per heavy atom. The molecule has 26 heavy (non-hydrogen) atoms. The van der Waals surface area contributed by atoms with Crippen LogP contribution in [0.3, 0.4) is 0 Å². The van der Waals surface area contributed by atoms with Crippen LogP contribution in [0, 0.1) is 5.41 Å². The van der Waals surface area contributed by atoms with Crippen molar-refractivity contribution in [3.8, 4) is 0 Å². The predicted octanol–water partition coefficient (Wildman–Crippen LogP) is 0.0247. The van der Waals surface area contributed by atoms with E-state index in [9.17, 15) is 19.5 Å². The van der Waals surface area contributed by atoms with Crippen molar-refractivity contribution in [2.45, 2.75) is 31.9 Å². The fraction of sp³-hybridized carbons (Fsp3) is 0.444. The Bertz CT molecular complexity index is 948. The molecule has 2 heterocycles. The van der Waals surface area contributed by atoms with Crippen molar-refractivity contribution < 1.29 is 14.7 Å². The van der Waals surface area contributed by atoms with Crippen molar-refractivity contribution >= 4 is 22.6 Å². The molecule has 8 heteroatoms. The van der Waals surface area contributed by atoms with E-state index in [1.165, 1.54) is 13.1 Å². The molecule has 4 rings (SSSR count). The van der Waals surface area contributed by atoms with Crippen molar-refractivity contribution in [3.05, 3.63) is 40.3 Å². The molecule has 8 nitrogen and oxygen atoms in total. The van der Waals surface area contributed by atoms with Crippen LogP contribution in [-0.2, 0) is 4.79 Å². The molecule has 0 bridgehead atoms. The Balaban J connectivity index is 1.56. The summed E-state index contributed by atoms with van der Waals surface area (Å²) in [4.78, 5) is 38.2. The van der Waals surface area contributed by atoms with Gasteiger partial charge in [0.25, 0.3) is 11.5 Å². The van der Waals surface area contributed by atoms with E-state index < -0.39 is 12.0 Å². The number of carbonyl (C=O) groups is 2. The number of H-pyrrole nitrogens is 1. The molecule has 2 unspecified atom stereocenters. The van der Waals surface area contributed by atoms with E-state index in [-0.39, 0.29) is 22.9 Å². The third kappa shape index (κ3) is 2.76. The third-order valence-corrected chi connectivity index (χ3v) is 5.44. The number of hydrogen-bond donors (Lipinski definition) is 3. The first-order valence-corrected chi connectivity index (χ1v) is 8.65. The topological polar surface area (TPSA) is 115 Å². The maximum absolute atomic E-state index is 12.9. The van der Waals surface area contributed by atoms with E-state index in [4.69, 9.17) is 0 Å². The van der Waals surface area contributed by atoms with Crippen molar-refractivity contribution in [1.82, 2.24) is 20.4 Å². The maximum Gasteiger partial charge on any atom is 0.272 e. The summed E-state index contributed by atoms with van der Waals surface area (Å²) in [6.45, 7) is 2.43. The second kappa shape index (κ2) is 5.91. The van der Waals surface area contributed by atoms with Gasteiger partial charge in [-0.1, -0.05) is 0 Å². The average molecular weight is 356 g/mol. The molecule has 2 fully saturated rings. The van der Waals surface area contributed by atoms with Gasteiger partial charge in [-0.05, 0) is 38.0 Å². The number of rotatable bonds is 3. The number of nitrogens with zero attached hydrogens (tertiary/aromatic N) is 2. The lowest BCUT2D eigenvalue weighted by molar-refractivity contribution is -0.129. The van der Waals surface area contributed by atoms with Crippen LogP contribution in [0.15, 0.2) is 29.2 Å². The number of amides is 2. The summed E-state index contributed by atoms with van der Waals surface area (Å²) in [5, 5.41) is 19.5. The lowest BCUT2D eigenvalue weighted by Crippen LogP contribution is -2.45. The lowest BCUT2D eigenvalue weighted by Gasteiger charge is -2.19. The van der Waals surface area contributed by atoms with Gasteiger partial charge in [0.2, 0.25) is 5.91 Å². The van der Waals surface area contributed by atoms with E-state index in [1.54, 1.807) is 23.1 Å². The predicted molar refractivity (Wildman–Crippen MR) is 93.5 cm³/mol. The van der Waals surface area contributed by atoms with E-state index in [0.29, 0.717) is 29.4 Å². The van der Waals surface area contributed by atoms with Gasteiger partial charge in [-0.15, -0.1) is 0 Å². The number of benzene rings is 1. The Morgan fingerprint density at radius 3 is 2.88 bits per heavy atom. The van der Waals surface area contributed by atoms with E-state index in [0.717, 1.165) is 12.8 Å². The summed E-state index contributed by atoms with van der Waals surface area (Å²) >= 11 is 0. The molecule has 2 aliphatic rings. The molecule has 3 N–H and O–H groups in total. The van der Waals surface area contributed by atoms with Gasteiger partial charge in [0.1, 0.15) is 6.10 Å². The first kappa shape index (κ1) is 16.7. The molecule has 1 spiro atoms. The van der Waals surface area contributed by atoms with Crippen molar-refractivity contribution in [1.29, 1.82) is 0 Å². The molecular formula is C18H20N4O4. The first-order chi connectivity index (χ1) is 12.4. The summed E-state index contributed by atoms with van der Waals surface area (Å²) in [6.07, 6.45) is 2.37. The largest absolute Gasteiger partial charge is 0.384 e. The molecule has 1 saturated carbocycles.